The summed E-state index contributed by atoms with van der Waals surface area (Å²) in [6, 6.07) is 18.6. The number of nitrogens with zero attached hydrogens (tertiary/aromatic N) is 1. The first-order chi connectivity index (χ1) is 15.7. The molecule has 1 atom stereocenters. The Hall–Kier alpha value is -2.53. The lowest BCUT2D eigenvalue weighted by atomic mass is 10.0. The summed E-state index contributed by atoms with van der Waals surface area (Å²) in [7, 11) is 0. The van der Waals surface area contributed by atoms with Crippen molar-refractivity contribution in [2.75, 3.05) is 24.5 Å². The minimum Gasteiger partial charge on any atom is -0.489 e. The molecule has 0 aliphatic heterocycles. The van der Waals surface area contributed by atoms with Gasteiger partial charge >= 0.3 is 0 Å². The van der Waals surface area contributed by atoms with E-state index in [1.165, 1.54) is 5.69 Å². The van der Waals surface area contributed by atoms with E-state index in [0.29, 0.717) is 18.9 Å². The molecule has 1 radical (unpaired) electrons. The van der Waals surface area contributed by atoms with Gasteiger partial charge in [0.2, 0.25) is 5.91 Å². The number of amides is 1. The van der Waals surface area contributed by atoms with Crippen LogP contribution in [0.4, 0.5) is 5.69 Å². The van der Waals surface area contributed by atoms with Crippen molar-refractivity contribution in [2.24, 2.45) is 17.6 Å². The number of nitrogens with one attached hydrogen (secondary N) is 1. The van der Waals surface area contributed by atoms with E-state index in [9.17, 15) is 4.79 Å². The third-order valence-electron chi connectivity index (χ3n) is 5.74. The largest absolute Gasteiger partial charge is 0.489 e. The third kappa shape index (κ3) is 10.3. The first-order valence-electron chi connectivity index (χ1n) is 12.0. The summed E-state index contributed by atoms with van der Waals surface area (Å²) in [5.41, 5.74) is 7.62. The highest BCUT2D eigenvalue weighted by molar-refractivity contribution is 5.76. The number of hydrogen-bond donors (Lipinski definition) is 2. The van der Waals surface area contributed by atoms with Crippen LogP contribution in [-0.4, -0.2) is 31.1 Å². The van der Waals surface area contributed by atoms with E-state index >= 15 is 0 Å². The van der Waals surface area contributed by atoms with E-state index in [4.69, 9.17) is 10.5 Å². The first kappa shape index (κ1) is 26.7. The molecular weight excluding hydrogens is 410 g/mol. The Balaban J connectivity index is 1.95. The molecule has 0 bridgehead atoms. The van der Waals surface area contributed by atoms with E-state index < -0.39 is 0 Å². The van der Waals surface area contributed by atoms with Crippen molar-refractivity contribution < 1.29 is 9.53 Å². The Kier molecular flexibility index (Phi) is 10.7. The van der Waals surface area contributed by atoms with Crippen LogP contribution < -0.4 is 20.7 Å². The fourth-order valence-corrected chi connectivity index (χ4v) is 3.54. The van der Waals surface area contributed by atoms with Crippen LogP contribution >= 0.6 is 0 Å². The van der Waals surface area contributed by atoms with Crippen LogP contribution in [0.15, 0.2) is 54.6 Å². The van der Waals surface area contributed by atoms with Gasteiger partial charge in [0.15, 0.2) is 0 Å². The van der Waals surface area contributed by atoms with Crippen molar-refractivity contribution >= 4 is 11.6 Å². The summed E-state index contributed by atoms with van der Waals surface area (Å²) in [6.45, 7) is 14.0. The zero-order valence-electron chi connectivity index (χ0n) is 21.0. The van der Waals surface area contributed by atoms with Crippen LogP contribution in [0.2, 0.25) is 0 Å². The molecule has 0 aliphatic rings. The number of hydrogen-bond acceptors (Lipinski definition) is 4. The molecule has 1 unspecified atom stereocenters. The van der Waals surface area contributed by atoms with Crippen molar-refractivity contribution in [3.8, 4) is 5.75 Å². The number of anilines is 1. The summed E-state index contributed by atoms with van der Waals surface area (Å²) in [4.78, 5) is 13.7. The average molecular weight is 453 g/mol. The maximum Gasteiger partial charge on any atom is 0.220 e. The molecule has 0 heterocycles. The van der Waals surface area contributed by atoms with Gasteiger partial charge in [0.05, 0.1) is 0 Å². The van der Waals surface area contributed by atoms with Crippen LogP contribution in [0.1, 0.15) is 53.0 Å². The molecule has 33 heavy (non-hydrogen) atoms. The monoisotopic (exact) mass is 452 g/mol. The Morgan fingerprint density at radius 2 is 1.76 bits per heavy atom. The highest BCUT2D eigenvalue weighted by Gasteiger charge is 2.22. The summed E-state index contributed by atoms with van der Waals surface area (Å²) in [5, 5.41) is 3.62. The molecule has 181 valence electrons. The minimum absolute atomic E-state index is 0.0913. The molecule has 2 aromatic rings. The molecule has 1 amide bonds. The van der Waals surface area contributed by atoms with E-state index in [2.05, 4.69) is 80.7 Å². The molecule has 5 heteroatoms. The number of carbonyl (C=O) groups excluding carboxylic acids is 1. The van der Waals surface area contributed by atoms with Crippen molar-refractivity contribution in [1.29, 1.82) is 0 Å². The maximum atomic E-state index is 11.2. The van der Waals surface area contributed by atoms with Gasteiger partial charge < -0.3 is 20.7 Å². The highest BCUT2D eigenvalue weighted by Crippen LogP contribution is 2.23. The topological polar surface area (TPSA) is 67.6 Å². The second-order valence-corrected chi connectivity index (χ2v) is 9.96. The fraction of sp³-hybridized carbons (Fsp3) is 0.500. The van der Waals surface area contributed by atoms with Gasteiger partial charge in [0.25, 0.3) is 0 Å². The molecule has 5 nitrogen and oxygen atoms in total. The molecule has 0 saturated carbocycles. The normalized spacial score (nSPS) is 12.5. The van der Waals surface area contributed by atoms with Crippen molar-refractivity contribution in [2.45, 2.75) is 59.6 Å². The first-order valence-corrected chi connectivity index (χ1v) is 12.0. The van der Waals surface area contributed by atoms with Gasteiger partial charge in [-0.3, -0.25) is 4.79 Å². The highest BCUT2D eigenvalue weighted by atomic mass is 16.5. The predicted octanol–water partition coefficient (Wildman–Crippen LogP) is 5.20. The van der Waals surface area contributed by atoms with E-state index in [0.717, 1.165) is 37.4 Å². The fourth-order valence-electron chi connectivity index (χ4n) is 3.54. The number of primary amides is 1. The molecule has 0 aliphatic carbocycles. The van der Waals surface area contributed by atoms with Gasteiger partial charge in [-0.15, -0.1) is 0 Å². The number of rotatable bonds is 15. The summed E-state index contributed by atoms with van der Waals surface area (Å²) in [6.07, 6.45) is 3.93. The average Bonchev–Trinajstić information content (AvgIpc) is 2.79. The summed E-state index contributed by atoms with van der Waals surface area (Å²) in [5.74, 6) is 1.14. The Labute approximate surface area is 200 Å². The molecule has 2 rings (SSSR count). The van der Waals surface area contributed by atoms with Crippen LogP contribution in [-0.2, 0) is 11.4 Å². The van der Waals surface area contributed by atoms with Crippen LogP contribution in [0.5, 0.6) is 5.75 Å². The van der Waals surface area contributed by atoms with Gasteiger partial charge in [0, 0.05) is 30.2 Å². The zero-order chi connectivity index (χ0) is 24.3. The van der Waals surface area contributed by atoms with Gasteiger partial charge in [-0.1, -0.05) is 51.1 Å². The SMILES string of the molecule is CC(C)CCN(CC(C)(C)NC[CH]CC(C)C(N)=O)c1ccc(OCc2ccccc2)cc1. The Morgan fingerprint density at radius 3 is 2.36 bits per heavy atom. The van der Waals surface area contributed by atoms with Crippen molar-refractivity contribution in [3.63, 3.8) is 0 Å². The van der Waals surface area contributed by atoms with Crippen molar-refractivity contribution in [3.05, 3.63) is 66.6 Å². The zero-order valence-corrected chi connectivity index (χ0v) is 21.0. The van der Waals surface area contributed by atoms with Gasteiger partial charge in [-0.25, -0.2) is 0 Å². The second kappa shape index (κ2) is 13.2. The second-order valence-electron chi connectivity index (χ2n) is 9.96. The molecule has 0 fully saturated rings. The summed E-state index contributed by atoms with van der Waals surface area (Å²) < 4.78 is 5.96. The lowest BCUT2D eigenvalue weighted by molar-refractivity contribution is -0.121. The van der Waals surface area contributed by atoms with E-state index in [1.54, 1.807) is 0 Å². The molecule has 0 spiro atoms. The number of carbonyl (C=O) groups is 1. The quantitative estimate of drug-likeness (QED) is 0.364. The van der Waals surface area contributed by atoms with E-state index in [1.807, 2.05) is 25.1 Å². The standard InChI is InChI=1S/C28H42N3O2/c1-22(2)17-19-31(21-28(4,5)30-18-9-10-23(3)27(29)32)25-13-15-26(16-14-25)33-20-24-11-7-6-8-12-24/h6-9,11-16,22-23,30H,10,17-21H2,1-5H3,(H2,29,32). The molecule has 3 N–H and O–H groups in total. The smallest absolute Gasteiger partial charge is 0.220 e. The summed E-state index contributed by atoms with van der Waals surface area (Å²) >= 11 is 0. The van der Waals surface area contributed by atoms with Gasteiger partial charge in [0.1, 0.15) is 12.4 Å². The number of ether oxygens (including phenoxy) is 1. The molecule has 2 aromatic carbocycles. The Morgan fingerprint density at radius 1 is 1.09 bits per heavy atom. The molecule has 0 aromatic heterocycles. The number of nitrogens with two attached hydrogens (primary N) is 1. The van der Waals surface area contributed by atoms with Crippen molar-refractivity contribution in [1.82, 2.24) is 5.32 Å². The van der Waals surface area contributed by atoms with E-state index in [-0.39, 0.29) is 17.4 Å². The van der Waals surface area contributed by atoms with Crippen LogP contribution in [0.25, 0.3) is 0 Å². The number of benzene rings is 2. The van der Waals surface area contributed by atoms with Gasteiger partial charge in [-0.2, -0.15) is 0 Å². The molecular formula is C28H42N3O2. The third-order valence-corrected chi connectivity index (χ3v) is 5.74. The lowest BCUT2D eigenvalue weighted by Crippen LogP contribution is -2.50. The van der Waals surface area contributed by atoms with Crippen LogP contribution in [0.3, 0.4) is 0 Å². The Bertz CT molecular complexity index is 819. The predicted molar refractivity (Wildman–Crippen MR) is 138 cm³/mol. The van der Waals surface area contributed by atoms with Gasteiger partial charge in [-0.05, 0) is 75.4 Å². The van der Waals surface area contributed by atoms with Crippen LogP contribution in [0, 0.1) is 18.3 Å². The maximum absolute atomic E-state index is 11.2. The minimum atomic E-state index is -0.249. The lowest BCUT2D eigenvalue weighted by Gasteiger charge is -2.35. The molecule has 0 saturated heterocycles.